The van der Waals surface area contributed by atoms with Crippen molar-refractivity contribution in [2.45, 2.75) is 33.6 Å². The molecule has 4 heteroatoms. The average Bonchev–Trinajstić information content (AvgIpc) is 2.44. The summed E-state index contributed by atoms with van der Waals surface area (Å²) in [5.41, 5.74) is 4.46. The van der Waals surface area contributed by atoms with E-state index in [-0.39, 0.29) is 0 Å². The molecule has 0 spiro atoms. The van der Waals surface area contributed by atoms with Crippen LogP contribution in [0.4, 0.5) is 0 Å². The second-order valence-electron chi connectivity index (χ2n) is 5.16. The fraction of sp³-hybridized carbons (Fsp3) is 0.412. The molecule has 0 aliphatic rings. The maximum atomic E-state index is 6.21. The Hall–Kier alpha value is -1.45. The largest absolute Gasteiger partial charge is 0.317 e. The van der Waals surface area contributed by atoms with E-state index in [1.54, 1.807) is 0 Å². The molecule has 0 saturated heterocycles. The van der Waals surface area contributed by atoms with E-state index in [2.05, 4.69) is 36.1 Å². The number of likely N-dealkylation sites (N-methyl/N-ethyl adjacent to an activating group) is 1. The van der Waals surface area contributed by atoms with E-state index in [1.807, 2.05) is 24.3 Å². The summed E-state index contributed by atoms with van der Waals surface area (Å²) in [4.78, 5) is 9.30. The molecule has 0 fully saturated rings. The maximum Gasteiger partial charge on any atom is 0.133 e. The molecule has 0 amide bonds. The fourth-order valence-corrected chi connectivity index (χ4v) is 2.65. The molecule has 1 aromatic carbocycles. The highest BCUT2D eigenvalue weighted by atomic mass is 35.5. The molecular weight excluding hydrogens is 282 g/mol. The van der Waals surface area contributed by atoms with E-state index < -0.39 is 0 Å². The third-order valence-corrected chi connectivity index (χ3v) is 3.94. The number of aromatic nitrogens is 2. The van der Waals surface area contributed by atoms with E-state index >= 15 is 0 Å². The third kappa shape index (κ3) is 4.26. The summed E-state index contributed by atoms with van der Waals surface area (Å²) in [7, 11) is 0. The van der Waals surface area contributed by atoms with Gasteiger partial charge in [0.2, 0.25) is 0 Å². The second kappa shape index (κ2) is 7.53. The van der Waals surface area contributed by atoms with E-state index in [9.17, 15) is 0 Å². The Labute approximate surface area is 131 Å². The van der Waals surface area contributed by atoms with Crippen LogP contribution in [0.25, 0.3) is 0 Å². The van der Waals surface area contributed by atoms with Crippen molar-refractivity contribution in [1.82, 2.24) is 15.3 Å². The van der Waals surface area contributed by atoms with Crippen LogP contribution in [0.5, 0.6) is 0 Å². The summed E-state index contributed by atoms with van der Waals surface area (Å²) in [5, 5.41) is 4.11. The summed E-state index contributed by atoms with van der Waals surface area (Å²) >= 11 is 6.21. The molecule has 0 unspecified atom stereocenters. The van der Waals surface area contributed by atoms with Crippen LogP contribution in [0, 0.1) is 13.8 Å². The Morgan fingerprint density at radius 1 is 1.10 bits per heavy atom. The standard InChI is InChI=1S/C17H22ClN3/c1-4-19-10-9-15-12(2)20-17(21-13(15)3)11-14-7-5-6-8-16(14)18/h5-8,19H,4,9-11H2,1-3H3. The smallest absolute Gasteiger partial charge is 0.133 e. The van der Waals surface area contributed by atoms with Crippen LogP contribution in [0.2, 0.25) is 5.02 Å². The van der Waals surface area contributed by atoms with Crippen molar-refractivity contribution < 1.29 is 0 Å². The highest BCUT2D eigenvalue weighted by Gasteiger charge is 2.10. The van der Waals surface area contributed by atoms with Gasteiger partial charge in [0.15, 0.2) is 0 Å². The van der Waals surface area contributed by atoms with Crippen LogP contribution in [0.1, 0.15) is 35.3 Å². The minimum atomic E-state index is 0.675. The van der Waals surface area contributed by atoms with E-state index in [1.165, 1.54) is 5.56 Å². The van der Waals surface area contributed by atoms with Gasteiger partial charge in [0.05, 0.1) is 0 Å². The highest BCUT2D eigenvalue weighted by molar-refractivity contribution is 6.31. The van der Waals surface area contributed by atoms with Crippen molar-refractivity contribution in [3.05, 3.63) is 57.6 Å². The van der Waals surface area contributed by atoms with Crippen molar-refractivity contribution in [2.75, 3.05) is 13.1 Å². The molecule has 0 atom stereocenters. The summed E-state index contributed by atoms with van der Waals surface area (Å²) in [6, 6.07) is 7.86. The minimum Gasteiger partial charge on any atom is -0.317 e. The van der Waals surface area contributed by atoms with Crippen LogP contribution < -0.4 is 5.32 Å². The summed E-state index contributed by atoms with van der Waals surface area (Å²) in [5.74, 6) is 0.838. The van der Waals surface area contributed by atoms with Gasteiger partial charge in [0.1, 0.15) is 5.82 Å². The number of benzene rings is 1. The predicted molar refractivity (Wildman–Crippen MR) is 88.0 cm³/mol. The maximum absolute atomic E-state index is 6.21. The SMILES string of the molecule is CCNCCc1c(C)nc(Cc2ccccc2Cl)nc1C. The quantitative estimate of drug-likeness (QED) is 0.830. The summed E-state index contributed by atoms with van der Waals surface area (Å²) in [6.45, 7) is 8.19. The number of aryl methyl sites for hydroxylation is 2. The van der Waals surface area contributed by atoms with Crippen molar-refractivity contribution in [3.8, 4) is 0 Å². The number of halogens is 1. The van der Waals surface area contributed by atoms with Crippen LogP contribution in [0.3, 0.4) is 0 Å². The van der Waals surface area contributed by atoms with Crippen LogP contribution >= 0.6 is 11.6 Å². The van der Waals surface area contributed by atoms with Crippen LogP contribution in [0.15, 0.2) is 24.3 Å². The number of hydrogen-bond acceptors (Lipinski definition) is 3. The minimum absolute atomic E-state index is 0.675. The van der Waals surface area contributed by atoms with Gasteiger partial charge >= 0.3 is 0 Å². The molecule has 0 radical (unpaired) electrons. The Kier molecular flexibility index (Phi) is 5.71. The first-order valence-corrected chi connectivity index (χ1v) is 7.76. The zero-order chi connectivity index (χ0) is 15.2. The van der Waals surface area contributed by atoms with Gasteiger partial charge < -0.3 is 5.32 Å². The van der Waals surface area contributed by atoms with Crippen molar-refractivity contribution in [1.29, 1.82) is 0 Å². The molecule has 112 valence electrons. The van der Waals surface area contributed by atoms with Gasteiger partial charge in [-0.15, -0.1) is 0 Å². The zero-order valence-electron chi connectivity index (χ0n) is 12.9. The molecule has 0 aliphatic heterocycles. The highest BCUT2D eigenvalue weighted by Crippen LogP contribution is 2.19. The van der Waals surface area contributed by atoms with Gasteiger partial charge in [-0.2, -0.15) is 0 Å². The number of nitrogens with zero attached hydrogens (tertiary/aromatic N) is 2. The molecule has 1 N–H and O–H groups in total. The first-order valence-electron chi connectivity index (χ1n) is 7.39. The van der Waals surface area contributed by atoms with E-state index in [0.29, 0.717) is 6.42 Å². The first-order chi connectivity index (χ1) is 10.1. The van der Waals surface area contributed by atoms with Gasteiger partial charge in [-0.25, -0.2) is 9.97 Å². The lowest BCUT2D eigenvalue weighted by Crippen LogP contribution is -2.18. The number of hydrogen-bond donors (Lipinski definition) is 1. The van der Waals surface area contributed by atoms with Gasteiger partial charge in [0, 0.05) is 22.8 Å². The van der Waals surface area contributed by atoms with Crippen LogP contribution in [-0.2, 0) is 12.8 Å². The Morgan fingerprint density at radius 3 is 2.38 bits per heavy atom. The lowest BCUT2D eigenvalue weighted by atomic mass is 10.1. The lowest BCUT2D eigenvalue weighted by molar-refractivity contribution is 0.705. The predicted octanol–water partition coefficient (Wildman–Crippen LogP) is 3.49. The van der Waals surface area contributed by atoms with Gasteiger partial charge in [-0.05, 0) is 50.6 Å². The van der Waals surface area contributed by atoms with Gasteiger partial charge in [0.25, 0.3) is 0 Å². The lowest BCUT2D eigenvalue weighted by Gasteiger charge is -2.11. The number of rotatable bonds is 6. The average molecular weight is 304 g/mol. The monoisotopic (exact) mass is 303 g/mol. The molecule has 2 rings (SSSR count). The molecule has 2 aromatic rings. The third-order valence-electron chi connectivity index (χ3n) is 3.58. The topological polar surface area (TPSA) is 37.8 Å². The number of nitrogens with one attached hydrogen (secondary N) is 1. The van der Waals surface area contributed by atoms with Crippen LogP contribution in [-0.4, -0.2) is 23.1 Å². The molecular formula is C17H22ClN3. The second-order valence-corrected chi connectivity index (χ2v) is 5.57. The Balaban J connectivity index is 2.17. The normalized spacial score (nSPS) is 10.9. The summed E-state index contributed by atoms with van der Waals surface area (Å²) < 4.78 is 0. The molecule has 0 bridgehead atoms. The Bertz CT molecular complexity index is 588. The fourth-order valence-electron chi connectivity index (χ4n) is 2.45. The Morgan fingerprint density at radius 2 is 1.76 bits per heavy atom. The first kappa shape index (κ1) is 15.9. The molecule has 1 heterocycles. The van der Waals surface area contributed by atoms with E-state index in [4.69, 9.17) is 11.6 Å². The van der Waals surface area contributed by atoms with Gasteiger partial charge in [-0.3, -0.25) is 0 Å². The van der Waals surface area contributed by atoms with E-state index in [0.717, 1.165) is 47.3 Å². The molecule has 0 saturated carbocycles. The van der Waals surface area contributed by atoms with Crippen molar-refractivity contribution in [2.24, 2.45) is 0 Å². The molecule has 3 nitrogen and oxygen atoms in total. The molecule has 21 heavy (non-hydrogen) atoms. The zero-order valence-corrected chi connectivity index (χ0v) is 13.7. The summed E-state index contributed by atoms with van der Waals surface area (Å²) in [6.07, 6.45) is 1.65. The molecule has 1 aromatic heterocycles. The van der Waals surface area contributed by atoms with Crippen molar-refractivity contribution in [3.63, 3.8) is 0 Å². The van der Waals surface area contributed by atoms with Crippen molar-refractivity contribution >= 4 is 11.6 Å². The molecule has 0 aliphatic carbocycles. The van der Waals surface area contributed by atoms with Gasteiger partial charge in [-0.1, -0.05) is 36.7 Å².